The highest BCUT2D eigenvalue weighted by Crippen LogP contribution is 2.34. The lowest BCUT2D eigenvalue weighted by atomic mass is 9.88. The summed E-state index contributed by atoms with van der Waals surface area (Å²) in [7, 11) is 1.65. The fraction of sp³-hybridized carbons (Fsp3) is 0.192. The number of carbonyl (C=O) groups excluding carboxylic acids is 1. The van der Waals surface area contributed by atoms with Gasteiger partial charge in [0.25, 0.3) is 0 Å². The molecule has 1 heterocycles. The van der Waals surface area contributed by atoms with Crippen molar-refractivity contribution in [3.05, 3.63) is 99.7 Å². The normalized spacial score (nSPS) is 12.0. The summed E-state index contributed by atoms with van der Waals surface area (Å²) in [6, 6.07) is 21.4. The second-order valence-electron chi connectivity index (χ2n) is 7.66. The molecule has 0 fully saturated rings. The van der Waals surface area contributed by atoms with Crippen LogP contribution in [0.4, 0.5) is 0 Å². The number of benzene rings is 3. The van der Waals surface area contributed by atoms with Crippen molar-refractivity contribution in [1.29, 1.82) is 0 Å². The molecule has 32 heavy (non-hydrogen) atoms. The van der Waals surface area contributed by atoms with E-state index >= 15 is 0 Å². The fourth-order valence-electron chi connectivity index (χ4n) is 3.97. The van der Waals surface area contributed by atoms with Gasteiger partial charge in [0.15, 0.2) is 0 Å². The first-order valence-corrected chi connectivity index (χ1v) is 11.2. The lowest BCUT2D eigenvalue weighted by molar-refractivity contribution is -0.121. The van der Waals surface area contributed by atoms with Crippen LogP contribution in [-0.2, 0) is 11.2 Å². The van der Waals surface area contributed by atoms with Crippen LogP contribution in [0.5, 0.6) is 5.75 Å². The summed E-state index contributed by atoms with van der Waals surface area (Å²) in [5.74, 6) is 0.638. The molecule has 1 amide bonds. The van der Waals surface area contributed by atoms with Gasteiger partial charge >= 0.3 is 0 Å². The second kappa shape index (κ2) is 10.1. The molecule has 1 unspecified atom stereocenters. The quantitative estimate of drug-likeness (QED) is 0.317. The lowest BCUT2D eigenvalue weighted by Gasteiger charge is -2.18. The molecule has 2 N–H and O–H groups in total. The average Bonchev–Trinajstić information content (AvgIpc) is 3.23. The van der Waals surface area contributed by atoms with Crippen LogP contribution in [0.1, 0.15) is 29.0 Å². The van der Waals surface area contributed by atoms with E-state index in [9.17, 15) is 4.79 Å². The molecule has 164 valence electrons. The highest BCUT2D eigenvalue weighted by molar-refractivity contribution is 6.35. The highest BCUT2D eigenvalue weighted by Gasteiger charge is 2.22. The minimum absolute atomic E-state index is 0.0202. The number of nitrogens with one attached hydrogen (secondary N) is 2. The molecule has 0 saturated heterocycles. The Hall–Kier alpha value is -2.95. The van der Waals surface area contributed by atoms with Crippen LogP contribution in [0.2, 0.25) is 10.0 Å². The van der Waals surface area contributed by atoms with Crippen LogP contribution in [0.3, 0.4) is 0 Å². The number of hydrogen-bond acceptors (Lipinski definition) is 2. The zero-order valence-electron chi connectivity index (χ0n) is 17.7. The summed E-state index contributed by atoms with van der Waals surface area (Å²) >= 11 is 12.2. The Morgan fingerprint density at radius 1 is 1.06 bits per heavy atom. The molecule has 4 nitrogen and oxygen atoms in total. The van der Waals surface area contributed by atoms with Gasteiger partial charge < -0.3 is 15.0 Å². The molecule has 1 aromatic heterocycles. The van der Waals surface area contributed by atoms with E-state index in [2.05, 4.69) is 16.4 Å². The number of aromatic nitrogens is 1. The van der Waals surface area contributed by atoms with Gasteiger partial charge in [-0.3, -0.25) is 4.79 Å². The first kappa shape index (κ1) is 22.3. The maximum Gasteiger partial charge on any atom is 0.220 e. The largest absolute Gasteiger partial charge is 0.497 e. The Balaban J connectivity index is 1.53. The Bertz CT molecular complexity index is 1240. The van der Waals surface area contributed by atoms with E-state index in [1.165, 1.54) is 0 Å². The zero-order valence-corrected chi connectivity index (χ0v) is 19.2. The summed E-state index contributed by atoms with van der Waals surface area (Å²) in [5, 5.41) is 5.36. The van der Waals surface area contributed by atoms with E-state index in [0.717, 1.165) is 33.3 Å². The molecule has 3 aromatic carbocycles. The number of methoxy groups -OCH3 is 1. The van der Waals surface area contributed by atoms with Crippen LogP contribution in [0.25, 0.3) is 10.9 Å². The maximum atomic E-state index is 12.9. The Kier molecular flexibility index (Phi) is 7.03. The third-order valence-corrected chi connectivity index (χ3v) is 6.20. The van der Waals surface area contributed by atoms with E-state index in [1.807, 2.05) is 54.7 Å². The average molecular weight is 467 g/mol. The predicted molar refractivity (Wildman–Crippen MR) is 131 cm³/mol. The summed E-state index contributed by atoms with van der Waals surface area (Å²) in [4.78, 5) is 16.3. The first-order valence-electron chi connectivity index (χ1n) is 10.5. The molecule has 0 aliphatic carbocycles. The Morgan fingerprint density at radius 2 is 1.91 bits per heavy atom. The maximum absolute atomic E-state index is 12.9. The number of para-hydroxylation sites is 1. The monoisotopic (exact) mass is 466 g/mol. The number of fused-ring (bicyclic) bond motifs is 1. The van der Waals surface area contributed by atoms with Crippen LogP contribution < -0.4 is 10.1 Å². The van der Waals surface area contributed by atoms with Gasteiger partial charge in [-0.25, -0.2) is 0 Å². The van der Waals surface area contributed by atoms with Crippen LogP contribution >= 0.6 is 23.2 Å². The smallest absolute Gasteiger partial charge is 0.220 e. The second-order valence-corrected chi connectivity index (χ2v) is 8.50. The molecule has 0 radical (unpaired) electrons. The first-order chi connectivity index (χ1) is 15.5. The van der Waals surface area contributed by atoms with Gasteiger partial charge in [0, 0.05) is 46.0 Å². The predicted octanol–water partition coefficient (Wildman–Crippen LogP) is 6.36. The van der Waals surface area contributed by atoms with E-state index in [-0.39, 0.29) is 11.8 Å². The van der Waals surface area contributed by atoms with E-state index < -0.39 is 0 Å². The summed E-state index contributed by atoms with van der Waals surface area (Å²) in [5.41, 5.74) is 4.13. The molecule has 4 aromatic rings. The molecule has 4 rings (SSSR count). The topological polar surface area (TPSA) is 54.1 Å². The number of ether oxygens (including phenoxy) is 1. The van der Waals surface area contributed by atoms with Crippen molar-refractivity contribution in [2.45, 2.75) is 18.8 Å². The zero-order chi connectivity index (χ0) is 22.5. The Labute approximate surface area is 197 Å². The van der Waals surface area contributed by atoms with Crippen LogP contribution in [-0.4, -0.2) is 24.5 Å². The van der Waals surface area contributed by atoms with E-state index in [4.69, 9.17) is 27.9 Å². The van der Waals surface area contributed by atoms with Crippen LogP contribution in [0, 0.1) is 0 Å². The standard InChI is InChI=1S/C26H24Cl2N2O2/c1-32-20-6-4-5-18(13-20)22(23-16-30-25-8-3-2-7-21(23)25)15-26(31)29-12-11-17-9-10-19(27)14-24(17)28/h2-10,13-14,16,22,30H,11-12,15H2,1H3,(H,29,31). The molecular formula is C26H24Cl2N2O2. The number of H-pyrrole nitrogens is 1. The van der Waals surface area contributed by atoms with Crippen molar-refractivity contribution < 1.29 is 9.53 Å². The van der Waals surface area contributed by atoms with Crippen molar-refractivity contribution in [3.63, 3.8) is 0 Å². The molecule has 0 aliphatic rings. The number of amides is 1. The van der Waals surface area contributed by atoms with Crippen molar-refractivity contribution >= 4 is 40.0 Å². The van der Waals surface area contributed by atoms with Crippen molar-refractivity contribution in [3.8, 4) is 5.75 Å². The van der Waals surface area contributed by atoms with Gasteiger partial charge in [-0.05, 0) is 53.4 Å². The Morgan fingerprint density at radius 3 is 2.72 bits per heavy atom. The van der Waals surface area contributed by atoms with E-state index in [0.29, 0.717) is 29.4 Å². The molecular weight excluding hydrogens is 443 g/mol. The lowest BCUT2D eigenvalue weighted by Crippen LogP contribution is -2.27. The fourth-order valence-corrected chi connectivity index (χ4v) is 4.47. The summed E-state index contributed by atoms with van der Waals surface area (Å²) in [6.45, 7) is 0.499. The molecule has 1 atom stereocenters. The minimum Gasteiger partial charge on any atom is -0.497 e. The number of aromatic amines is 1. The summed E-state index contributed by atoms with van der Waals surface area (Å²) in [6.07, 6.45) is 2.96. The number of rotatable bonds is 8. The van der Waals surface area contributed by atoms with Crippen LogP contribution in [0.15, 0.2) is 72.9 Å². The van der Waals surface area contributed by atoms with Crippen molar-refractivity contribution in [1.82, 2.24) is 10.3 Å². The molecule has 0 spiro atoms. The van der Waals surface area contributed by atoms with Crippen molar-refractivity contribution in [2.24, 2.45) is 0 Å². The molecule has 0 aliphatic heterocycles. The van der Waals surface area contributed by atoms with Crippen molar-refractivity contribution in [2.75, 3.05) is 13.7 Å². The molecule has 0 saturated carbocycles. The van der Waals surface area contributed by atoms with Gasteiger partial charge in [-0.2, -0.15) is 0 Å². The number of halogens is 2. The molecule has 6 heteroatoms. The SMILES string of the molecule is COc1cccc(C(CC(=O)NCCc2ccc(Cl)cc2Cl)c2c[nH]c3ccccc23)c1. The van der Waals surface area contributed by atoms with E-state index in [1.54, 1.807) is 19.2 Å². The van der Waals surface area contributed by atoms with Gasteiger partial charge in [0.2, 0.25) is 5.91 Å². The van der Waals surface area contributed by atoms with Gasteiger partial charge in [-0.15, -0.1) is 0 Å². The third kappa shape index (κ3) is 5.09. The summed E-state index contributed by atoms with van der Waals surface area (Å²) < 4.78 is 5.42. The van der Waals surface area contributed by atoms with Gasteiger partial charge in [-0.1, -0.05) is 59.6 Å². The number of carbonyl (C=O) groups is 1. The highest BCUT2D eigenvalue weighted by atomic mass is 35.5. The van der Waals surface area contributed by atoms with Gasteiger partial charge in [0.1, 0.15) is 5.75 Å². The molecule has 0 bridgehead atoms. The van der Waals surface area contributed by atoms with Gasteiger partial charge in [0.05, 0.1) is 7.11 Å². The minimum atomic E-state index is -0.111. The third-order valence-electron chi connectivity index (χ3n) is 5.61. The number of hydrogen-bond donors (Lipinski definition) is 2.